The summed E-state index contributed by atoms with van der Waals surface area (Å²) in [5.41, 5.74) is 1.94. The Balaban J connectivity index is 1.84. The lowest BCUT2D eigenvalue weighted by Gasteiger charge is -2.22. The summed E-state index contributed by atoms with van der Waals surface area (Å²) in [7, 11) is 1.79. The van der Waals surface area contributed by atoms with Crippen molar-refractivity contribution < 1.29 is 9.90 Å². The highest BCUT2D eigenvalue weighted by Crippen LogP contribution is 2.18. The van der Waals surface area contributed by atoms with E-state index in [0.717, 1.165) is 0 Å². The molecule has 2 aromatic rings. The van der Waals surface area contributed by atoms with Crippen molar-refractivity contribution >= 4 is 5.91 Å². The molecule has 0 fully saturated rings. The summed E-state index contributed by atoms with van der Waals surface area (Å²) < 4.78 is 1.63. The van der Waals surface area contributed by atoms with Gasteiger partial charge in [-0.3, -0.25) is 9.48 Å². The largest absolute Gasteiger partial charge is 0.383 e. The number of hydrogen-bond donors (Lipinski definition) is 2. The fourth-order valence-electron chi connectivity index (χ4n) is 2.30. The van der Waals surface area contributed by atoms with E-state index < -0.39 is 5.60 Å². The van der Waals surface area contributed by atoms with Crippen molar-refractivity contribution in [2.75, 3.05) is 6.54 Å². The average Bonchev–Trinajstić information content (AvgIpc) is 2.92. The van der Waals surface area contributed by atoms with Gasteiger partial charge in [0.1, 0.15) is 5.60 Å². The molecule has 0 aliphatic carbocycles. The van der Waals surface area contributed by atoms with Crippen molar-refractivity contribution in [3.63, 3.8) is 0 Å². The first-order valence-electron chi connectivity index (χ1n) is 7.41. The Morgan fingerprint density at radius 3 is 2.77 bits per heavy atom. The highest BCUT2D eigenvalue weighted by Gasteiger charge is 2.25. The smallest absolute Gasteiger partial charge is 0.220 e. The maximum absolute atomic E-state index is 12.0. The van der Waals surface area contributed by atoms with Crippen molar-refractivity contribution in [3.05, 3.63) is 53.3 Å². The number of carbonyl (C=O) groups excluding carboxylic acids is 1. The first-order valence-corrected chi connectivity index (χ1v) is 7.41. The van der Waals surface area contributed by atoms with Crippen LogP contribution < -0.4 is 5.32 Å². The molecule has 0 bridgehead atoms. The summed E-state index contributed by atoms with van der Waals surface area (Å²) in [5.74, 6) is -0.0626. The minimum Gasteiger partial charge on any atom is -0.383 e. The number of nitrogens with zero attached hydrogens (tertiary/aromatic N) is 2. The zero-order valence-corrected chi connectivity index (χ0v) is 13.3. The van der Waals surface area contributed by atoms with Crippen molar-refractivity contribution in [1.82, 2.24) is 15.1 Å². The maximum atomic E-state index is 12.0. The average molecular weight is 301 g/mol. The van der Waals surface area contributed by atoms with Crippen molar-refractivity contribution in [3.8, 4) is 0 Å². The highest BCUT2D eigenvalue weighted by molar-refractivity contribution is 5.76. The Morgan fingerprint density at radius 2 is 2.14 bits per heavy atom. The summed E-state index contributed by atoms with van der Waals surface area (Å²) in [6.45, 7) is 3.89. The van der Waals surface area contributed by atoms with Crippen LogP contribution in [0.25, 0.3) is 0 Å². The van der Waals surface area contributed by atoms with Crippen LogP contribution >= 0.6 is 0 Å². The lowest BCUT2D eigenvalue weighted by Crippen LogP contribution is -2.38. The molecule has 1 heterocycles. The van der Waals surface area contributed by atoms with Gasteiger partial charge in [0.2, 0.25) is 5.91 Å². The number of rotatable bonds is 6. The minimum absolute atomic E-state index is 0.0626. The van der Waals surface area contributed by atoms with E-state index in [0.29, 0.717) is 18.4 Å². The molecule has 0 aliphatic rings. The van der Waals surface area contributed by atoms with Crippen molar-refractivity contribution in [2.45, 2.75) is 32.3 Å². The molecule has 22 heavy (non-hydrogen) atoms. The summed E-state index contributed by atoms with van der Waals surface area (Å²) in [6.07, 6.45) is 4.47. The van der Waals surface area contributed by atoms with Crippen molar-refractivity contribution in [2.24, 2.45) is 7.05 Å². The predicted molar refractivity (Wildman–Crippen MR) is 85.3 cm³/mol. The van der Waals surface area contributed by atoms with E-state index in [2.05, 4.69) is 10.4 Å². The second-order valence-electron chi connectivity index (χ2n) is 5.88. The molecule has 2 rings (SSSR count). The van der Waals surface area contributed by atoms with Gasteiger partial charge in [-0.05, 0) is 31.4 Å². The molecule has 5 heteroatoms. The number of hydrogen-bond acceptors (Lipinski definition) is 3. The Hall–Kier alpha value is -2.14. The van der Waals surface area contributed by atoms with Crippen LogP contribution in [0, 0.1) is 6.92 Å². The number of amides is 1. The Labute approximate surface area is 131 Å². The molecular weight excluding hydrogens is 278 g/mol. The Morgan fingerprint density at radius 1 is 1.41 bits per heavy atom. The molecule has 1 atom stereocenters. The SMILES string of the molecule is Cc1ccccc1CCC(=O)NCC(C)(O)c1cnn(C)c1. The lowest BCUT2D eigenvalue weighted by molar-refractivity contribution is -0.122. The zero-order chi connectivity index (χ0) is 16.2. The third kappa shape index (κ3) is 4.18. The van der Waals surface area contributed by atoms with Gasteiger partial charge in [0.25, 0.3) is 0 Å². The van der Waals surface area contributed by atoms with Crippen LogP contribution in [0.2, 0.25) is 0 Å². The number of aliphatic hydroxyl groups is 1. The molecule has 1 amide bonds. The van der Waals surface area contributed by atoms with E-state index in [1.54, 1.807) is 31.0 Å². The van der Waals surface area contributed by atoms with Gasteiger partial charge < -0.3 is 10.4 Å². The molecule has 0 saturated heterocycles. The molecule has 2 N–H and O–H groups in total. The van der Waals surface area contributed by atoms with Gasteiger partial charge in [-0.15, -0.1) is 0 Å². The van der Waals surface area contributed by atoms with Crippen LogP contribution in [-0.2, 0) is 23.9 Å². The van der Waals surface area contributed by atoms with E-state index >= 15 is 0 Å². The van der Waals surface area contributed by atoms with Gasteiger partial charge in [0.15, 0.2) is 0 Å². The number of carbonyl (C=O) groups is 1. The second-order valence-corrected chi connectivity index (χ2v) is 5.88. The van der Waals surface area contributed by atoms with Crippen LogP contribution in [0.15, 0.2) is 36.7 Å². The molecular formula is C17H23N3O2. The van der Waals surface area contributed by atoms with Crippen LogP contribution in [0.1, 0.15) is 30.0 Å². The zero-order valence-electron chi connectivity index (χ0n) is 13.3. The third-order valence-electron chi connectivity index (χ3n) is 3.84. The van der Waals surface area contributed by atoms with E-state index in [4.69, 9.17) is 0 Å². The quantitative estimate of drug-likeness (QED) is 0.853. The first kappa shape index (κ1) is 16.2. The van der Waals surface area contributed by atoms with E-state index in [9.17, 15) is 9.90 Å². The van der Waals surface area contributed by atoms with Crippen molar-refractivity contribution in [1.29, 1.82) is 0 Å². The van der Waals surface area contributed by atoms with E-state index in [1.807, 2.05) is 31.2 Å². The number of aromatic nitrogens is 2. The number of nitrogens with one attached hydrogen (secondary N) is 1. The number of aryl methyl sites for hydroxylation is 3. The molecule has 0 saturated carbocycles. The summed E-state index contributed by atoms with van der Waals surface area (Å²) in [5, 5.41) is 17.2. The van der Waals surface area contributed by atoms with E-state index in [1.165, 1.54) is 11.1 Å². The van der Waals surface area contributed by atoms with Gasteiger partial charge in [-0.25, -0.2) is 0 Å². The maximum Gasteiger partial charge on any atom is 0.220 e. The second kappa shape index (κ2) is 6.75. The van der Waals surface area contributed by atoms with Crippen LogP contribution in [0.5, 0.6) is 0 Å². The van der Waals surface area contributed by atoms with Crippen LogP contribution in [-0.4, -0.2) is 27.3 Å². The van der Waals surface area contributed by atoms with Crippen LogP contribution in [0.4, 0.5) is 0 Å². The van der Waals surface area contributed by atoms with Crippen LogP contribution in [0.3, 0.4) is 0 Å². The van der Waals surface area contributed by atoms with Gasteiger partial charge in [-0.2, -0.15) is 5.10 Å². The van der Waals surface area contributed by atoms with E-state index in [-0.39, 0.29) is 12.5 Å². The first-order chi connectivity index (χ1) is 10.4. The summed E-state index contributed by atoms with van der Waals surface area (Å²) in [4.78, 5) is 12.0. The van der Waals surface area contributed by atoms with Gasteiger partial charge in [0, 0.05) is 25.2 Å². The molecule has 118 valence electrons. The standard InChI is InChI=1S/C17H23N3O2/c1-13-6-4-5-7-14(13)8-9-16(21)18-12-17(2,22)15-10-19-20(3)11-15/h4-7,10-11,22H,8-9,12H2,1-3H3,(H,18,21). The Kier molecular flexibility index (Phi) is 4.98. The Bertz CT molecular complexity index is 647. The molecule has 0 spiro atoms. The third-order valence-corrected chi connectivity index (χ3v) is 3.84. The molecule has 0 radical (unpaired) electrons. The highest BCUT2D eigenvalue weighted by atomic mass is 16.3. The summed E-state index contributed by atoms with van der Waals surface area (Å²) in [6, 6.07) is 8.05. The molecule has 1 aromatic carbocycles. The topological polar surface area (TPSA) is 67.2 Å². The summed E-state index contributed by atoms with van der Waals surface area (Å²) >= 11 is 0. The van der Waals surface area contributed by atoms with Gasteiger partial charge in [-0.1, -0.05) is 24.3 Å². The molecule has 1 unspecified atom stereocenters. The fraction of sp³-hybridized carbons (Fsp3) is 0.412. The normalized spacial score (nSPS) is 13.6. The predicted octanol–water partition coefficient (Wildman–Crippen LogP) is 1.69. The van der Waals surface area contributed by atoms with Gasteiger partial charge in [0.05, 0.1) is 12.7 Å². The monoisotopic (exact) mass is 301 g/mol. The van der Waals surface area contributed by atoms with Gasteiger partial charge >= 0.3 is 0 Å². The molecule has 1 aromatic heterocycles. The molecule has 0 aliphatic heterocycles. The lowest BCUT2D eigenvalue weighted by atomic mass is 9.99. The minimum atomic E-state index is -1.12. The molecule has 5 nitrogen and oxygen atoms in total. The number of benzene rings is 1. The fourth-order valence-corrected chi connectivity index (χ4v) is 2.30.